The Morgan fingerprint density at radius 1 is 1.35 bits per heavy atom. The van der Waals surface area contributed by atoms with E-state index in [4.69, 9.17) is 23.7 Å². The first kappa shape index (κ1) is 14.6. The van der Waals surface area contributed by atoms with Crippen molar-refractivity contribution in [2.24, 2.45) is 0 Å². The molecule has 0 bridgehead atoms. The average Bonchev–Trinajstić information content (AvgIpc) is 2.80. The van der Waals surface area contributed by atoms with Crippen molar-refractivity contribution in [3.05, 3.63) is 24.3 Å². The van der Waals surface area contributed by atoms with Crippen molar-refractivity contribution in [2.45, 2.75) is 25.9 Å². The number of hydrogen-bond acceptors (Lipinski definition) is 6. The summed E-state index contributed by atoms with van der Waals surface area (Å²) in [7, 11) is 1.60. The Kier molecular flexibility index (Phi) is 4.46. The minimum atomic E-state index is -0.969. The van der Waals surface area contributed by atoms with E-state index in [0.29, 0.717) is 5.75 Å². The van der Waals surface area contributed by atoms with Crippen molar-refractivity contribution in [3.63, 3.8) is 0 Å². The summed E-state index contributed by atoms with van der Waals surface area (Å²) in [5.74, 6) is 0.0535. The molecule has 20 heavy (non-hydrogen) atoms. The number of rotatable bonds is 5. The standard InChI is InChI=1S/C14H18O6/c1-10(15)17-9-14(2)18-8-13(20-14)19-12-6-4-11(16-3)5-7-12/h4-7,13H,8-9H2,1-3H3. The molecule has 2 unspecified atom stereocenters. The molecule has 0 N–H and O–H groups in total. The van der Waals surface area contributed by atoms with Gasteiger partial charge < -0.3 is 23.7 Å². The Morgan fingerprint density at radius 2 is 2.00 bits per heavy atom. The third-order valence-electron chi connectivity index (χ3n) is 2.77. The molecule has 6 nitrogen and oxygen atoms in total. The van der Waals surface area contributed by atoms with Crippen molar-refractivity contribution in [1.29, 1.82) is 0 Å². The number of benzene rings is 1. The van der Waals surface area contributed by atoms with Crippen LogP contribution in [0.1, 0.15) is 13.8 Å². The zero-order valence-electron chi connectivity index (χ0n) is 11.8. The fraction of sp³-hybridized carbons (Fsp3) is 0.500. The highest BCUT2D eigenvalue weighted by molar-refractivity contribution is 5.65. The van der Waals surface area contributed by atoms with Crippen LogP contribution in [0.2, 0.25) is 0 Å². The lowest BCUT2D eigenvalue weighted by molar-refractivity contribution is -0.210. The molecule has 2 atom stereocenters. The highest BCUT2D eigenvalue weighted by atomic mass is 16.8. The second kappa shape index (κ2) is 6.11. The highest BCUT2D eigenvalue weighted by Crippen LogP contribution is 2.26. The number of ether oxygens (including phenoxy) is 5. The maximum atomic E-state index is 10.8. The maximum absolute atomic E-state index is 10.8. The molecule has 1 saturated heterocycles. The number of hydrogen-bond donors (Lipinski definition) is 0. The molecule has 1 fully saturated rings. The van der Waals surface area contributed by atoms with E-state index in [9.17, 15) is 4.79 Å². The van der Waals surface area contributed by atoms with Gasteiger partial charge in [0.25, 0.3) is 0 Å². The van der Waals surface area contributed by atoms with Crippen LogP contribution in [0.4, 0.5) is 0 Å². The summed E-state index contributed by atoms with van der Waals surface area (Å²) in [5.41, 5.74) is 0. The predicted molar refractivity (Wildman–Crippen MR) is 69.5 cm³/mol. The zero-order chi connectivity index (χ0) is 14.6. The molecule has 110 valence electrons. The van der Waals surface area contributed by atoms with Gasteiger partial charge in [0.2, 0.25) is 12.1 Å². The summed E-state index contributed by atoms with van der Waals surface area (Å²) in [5, 5.41) is 0. The summed E-state index contributed by atoms with van der Waals surface area (Å²) in [6, 6.07) is 7.15. The second-order valence-electron chi connectivity index (χ2n) is 4.57. The van der Waals surface area contributed by atoms with Gasteiger partial charge in [0, 0.05) is 6.92 Å². The number of carbonyl (C=O) groups excluding carboxylic acids is 1. The summed E-state index contributed by atoms with van der Waals surface area (Å²) in [6.07, 6.45) is -0.538. The van der Waals surface area contributed by atoms with Crippen LogP contribution in [-0.4, -0.2) is 38.4 Å². The van der Waals surface area contributed by atoms with E-state index in [0.717, 1.165) is 5.75 Å². The van der Waals surface area contributed by atoms with Gasteiger partial charge in [-0.15, -0.1) is 0 Å². The Morgan fingerprint density at radius 3 is 2.60 bits per heavy atom. The fourth-order valence-corrected chi connectivity index (χ4v) is 1.76. The van der Waals surface area contributed by atoms with E-state index in [1.165, 1.54) is 6.92 Å². The van der Waals surface area contributed by atoms with Crippen molar-refractivity contribution < 1.29 is 28.5 Å². The van der Waals surface area contributed by atoms with Gasteiger partial charge in [-0.1, -0.05) is 0 Å². The van der Waals surface area contributed by atoms with Gasteiger partial charge in [-0.25, -0.2) is 0 Å². The largest absolute Gasteiger partial charge is 0.497 e. The Labute approximate surface area is 117 Å². The Hall–Kier alpha value is -1.79. The van der Waals surface area contributed by atoms with Crippen molar-refractivity contribution in [3.8, 4) is 11.5 Å². The van der Waals surface area contributed by atoms with E-state index in [1.54, 1.807) is 38.3 Å². The van der Waals surface area contributed by atoms with Crippen LogP contribution in [0.3, 0.4) is 0 Å². The van der Waals surface area contributed by atoms with Gasteiger partial charge in [-0.3, -0.25) is 4.79 Å². The molecule has 0 saturated carbocycles. The molecule has 2 rings (SSSR count). The molecule has 0 spiro atoms. The summed E-state index contributed by atoms with van der Waals surface area (Å²) >= 11 is 0. The van der Waals surface area contributed by atoms with Gasteiger partial charge in [-0.05, 0) is 31.2 Å². The molecular weight excluding hydrogens is 264 g/mol. The predicted octanol–water partition coefficient (Wildman–Crippen LogP) is 1.73. The van der Waals surface area contributed by atoms with Crippen LogP contribution < -0.4 is 9.47 Å². The molecule has 0 aromatic heterocycles. The van der Waals surface area contributed by atoms with Gasteiger partial charge in [0.1, 0.15) is 24.7 Å². The lowest BCUT2D eigenvalue weighted by atomic mass is 10.3. The van der Waals surface area contributed by atoms with Crippen molar-refractivity contribution in [2.75, 3.05) is 20.3 Å². The molecule has 1 aliphatic heterocycles. The van der Waals surface area contributed by atoms with Gasteiger partial charge in [0.05, 0.1) is 7.11 Å². The Balaban J connectivity index is 1.87. The quantitative estimate of drug-likeness (QED) is 0.766. The molecule has 1 heterocycles. The number of esters is 1. The average molecular weight is 282 g/mol. The van der Waals surface area contributed by atoms with Crippen LogP contribution in [0.15, 0.2) is 24.3 Å². The lowest BCUT2D eigenvalue weighted by Crippen LogP contribution is -2.34. The number of carbonyl (C=O) groups is 1. The number of methoxy groups -OCH3 is 1. The Bertz CT molecular complexity index is 457. The van der Waals surface area contributed by atoms with Gasteiger partial charge >= 0.3 is 5.97 Å². The van der Waals surface area contributed by atoms with E-state index >= 15 is 0 Å². The molecule has 0 radical (unpaired) electrons. The van der Waals surface area contributed by atoms with E-state index < -0.39 is 12.1 Å². The molecule has 1 aromatic rings. The van der Waals surface area contributed by atoms with Gasteiger partial charge in [0.15, 0.2) is 0 Å². The molecule has 6 heteroatoms. The minimum Gasteiger partial charge on any atom is -0.497 e. The molecular formula is C14H18O6. The van der Waals surface area contributed by atoms with Crippen LogP contribution in [0, 0.1) is 0 Å². The third-order valence-corrected chi connectivity index (χ3v) is 2.77. The van der Waals surface area contributed by atoms with Gasteiger partial charge in [-0.2, -0.15) is 0 Å². The molecule has 0 amide bonds. The van der Waals surface area contributed by atoms with E-state index in [2.05, 4.69) is 0 Å². The SMILES string of the molecule is COc1ccc(OC2COC(C)(COC(C)=O)O2)cc1. The summed E-state index contributed by atoms with van der Waals surface area (Å²) in [6.45, 7) is 3.34. The lowest BCUT2D eigenvalue weighted by Gasteiger charge is -2.22. The van der Waals surface area contributed by atoms with Crippen LogP contribution >= 0.6 is 0 Å². The molecule has 1 aliphatic rings. The van der Waals surface area contributed by atoms with Crippen molar-refractivity contribution in [1.82, 2.24) is 0 Å². The van der Waals surface area contributed by atoms with Crippen LogP contribution in [0.5, 0.6) is 11.5 Å². The normalized spacial score (nSPS) is 25.2. The first-order valence-electron chi connectivity index (χ1n) is 6.26. The zero-order valence-corrected chi connectivity index (χ0v) is 11.8. The summed E-state index contributed by atoms with van der Waals surface area (Å²) < 4.78 is 26.7. The van der Waals surface area contributed by atoms with E-state index in [1.807, 2.05) is 0 Å². The topological polar surface area (TPSA) is 63.2 Å². The van der Waals surface area contributed by atoms with Crippen LogP contribution in [-0.2, 0) is 19.0 Å². The fourth-order valence-electron chi connectivity index (χ4n) is 1.76. The monoisotopic (exact) mass is 282 g/mol. The first-order chi connectivity index (χ1) is 9.50. The molecule has 1 aromatic carbocycles. The minimum absolute atomic E-state index is 0.0325. The second-order valence-corrected chi connectivity index (χ2v) is 4.57. The smallest absolute Gasteiger partial charge is 0.302 e. The first-order valence-corrected chi connectivity index (χ1v) is 6.26. The maximum Gasteiger partial charge on any atom is 0.302 e. The van der Waals surface area contributed by atoms with E-state index in [-0.39, 0.29) is 19.2 Å². The molecule has 0 aliphatic carbocycles. The third kappa shape index (κ3) is 3.85. The van der Waals surface area contributed by atoms with Crippen molar-refractivity contribution >= 4 is 5.97 Å². The van der Waals surface area contributed by atoms with Crippen LogP contribution in [0.25, 0.3) is 0 Å². The summed E-state index contributed by atoms with van der Waals surface area (Å²) in [4.78, 5) is 10.8. The highest BCUT2D eigenvalue weighted by Gasteiger charge is 2.39.